The topological polar surface area (TPSA) is 110 Å². The lowest BCUT2D eigenvalue weighted by Crippen LogP contribution is -2.46. The average Bonchev–Trinajstić information content (AvgIpc) is 3.26. The molecule has 0 spiro atoms. The number of nitrogens with one attached hydrogen (secondary N) is 1. The fourth-order valence-electron chi connectivity index (χ4n) is 5.70. The van der Waals surface area contributed by atoms with E-state index in [1.165, 1.54) is 6.92 Å². The van der Waals surface area contributed by atoms with E-state index in [4.69, 9.17) is 0 Å². The number of pyridine rings is 1. The van der Waals surface area contributed by atoms with Crippen LogP contribution < -0.4 is 5.32 Å². The molecule has 6 rings (SSSR count). The van der Waals surface area contributed by atoms with Crippen molar-refractivity contribution in [3.8, 4) is 11.1 Å². The minimum absolute atomic E-state index is 0.0264. The van der Waals surface area contributed by atoms with Crippen LogP contribution in [0.3, 0.4) is 0 Å². The summed E-state index contributed by atoms with van der Waals surface area (Å²) in [6.07, 6.45) is 6.74. The molecular formula is C29H27BrN6O3. The Balaban J connectivity index is 1.29. The Labute approximate surface area is 233 Å². The van der Waals surface area contributed by atoms with E-state index in [2.05, 4.69) is 43.1 Å². The smallest absolute Gasteiger partial charge is 0.248 e. The molecule has 0 bridgehead atoms. The number of Topliss-reactive ketones (excluding diaryl/α,β-unsaturated/α-hetero) is 1. The molecule has 1 saturated heterocycles. The molecule has 10 heteroatoms. The van der Waals surface area contributed by atoms with Crippen molar-refractivity contribution in [1.29, 1.82) is 0 Å². The first-order valence-electron chi connectivity index (χ1n) is 12.8. The predicted octanol–water partition coefficient (Wildman–Crippen LogP) is 4.79. The number of halogens is 1. The third-order valence-electron chi connectivity index (χ3n) is 7.87. The van der Waals surface area contributed by atoms with Gasteiger partial charge < -0.3 is 14.8 Å². The Morgan fingerprint density at radius 3 is 2.59 bits per heavy atom. The van der Waals surface area contributed by atoms with Crippen molar-refractivity contribution < 1.29 is 14.4 Å². The van der Waals surface area contributed by atoms with Gasteiger partial charge >= 0.3 is 0 Å². The number of ketones is 1. The second kappa shape index (κ2) is 9.37. The molecular weight excluding hydrogens is 560 g/mol. The first kappa shape index (κ1) is 25.4. The number of aromatic nitrogens is 4. The molecule has 1 aromatic carbocycles. The lowest BCUT2D eigenvalue weighted by Gasteiger charge is -2.27. The SMILES string of the molecule is CC(=O)c1cn(CC(=O)N2[C@H](C(=O)Nc3cccc(Br)n3)C[C@@]3(C)C[C@@H]23)c2ccc(-c3cnc(C)nc3)cc12. The van der Waals surface area contributed by atoms with Crippen molar-refractivity contribution in [1.82, 2.24) is 24.4 Å². The van der Waals surface area contributed by atoms with Gasteiger partial charge in [0.05, 0.1) is 0 Å². The molecule has 2 aliphatic rings. The highest BCUT2D eigenvalue weighted by Gasteiger charge is 2.64. The van der Waals surface area contributed by atoms with Crippen LogP contribution in [0.15, 0.2) is 59.6 Å². The molecule has 1 aliphatic heterocycles. The van der Waals surface area contributed by atoms with Gasteiger partial charge in [0, 0.05) is 46.7 Å². The summed E-state index contributed by atoms with van der Waals surface area (Å²) in [6.45, 7) is 5.50. The van der Waals surface area contributed by atoms with E-state index in [9.17, 15) is 14.4 Å². The second-order valence-corrected chi connectivity index (χ2v) is 11.5. The molecule has 3 aromatic heterocycles. The van der Waals surface area contributed by atoms with Crippen molar-refractivity contribution >= 4 is 50.2 Å². The molecule has 2 fully saturated rings. The fourth-order valence-corrected chi connectivity index (χ4v) is 6.05. The Hall–Kier alpha value is -3.92. The van der Waals surface area contributed by atoms with E-state index in [-0.39, 0.29) is 35.6 Å². The Kier molecular flexibility index (Phi) is 6.10. The highest BCUT2D eigenvalue weighted by atomic mass is 79.9. The number of piperidine rings is 1. The number of rotatable bonds is 6. The number of amides is 2. The largest absolute Gasteiger partial charge is 0.337 e. The zero-order chi connectivity index (χ0) is 27.5. The zero-order valence-corrected chi connectivity index (χ0v) is 23.4. The summed E-state index contributed by atoms with van der Waals surface area (Å²) < 4.78 is 2.43. The Morgan fingerprint density at radius 1 is 1.10 bits per heavy atom. The average molecular weight is 587 g/mol. The van der Waals surface area contributed by atoms with Crippen LogP contribution in [0.1, 0.15) is 42.9 Å². The van der Waals surface area contributed by atoms with E-state index >= 15 is 0 Å². The molecule has 0 radical (unpaired) electrons. The highest BCUT2D eigenvalue weighted by Crippen LogP contribution is 2.59. The van der Waals surface area contributed by atoms with Crippen LogP contribution in [0.5, 0.6) is 0 Å². The lowest BCUT2D eigenvalue weighted by molar-refractivity contribution is -0.138. The molecule has 4 heterocycles. The molecule has 39 heavy (non-hydrogen) atoms. The summed E-state index contributed by atoms with van der Waals surface area (Å²) in [4.78, 5) is 54.2. The van der Waals surface area contributed by atoms with Gasteiger partial charge in [-0.05, 0) is 77.9 Å². The van der Waals surface area contributed by atoms with Crippen LogP contribution in [-0.4, -0.2) is 54.1 Å². The molecule has 9 nitrogen and oxygen atoms in total. The lowest BCUT2D eigenvalue weighted by atomic mass is 10.0. The highest BCUT2D eigenvalue weighted by molar-refractivity contribution is 9.10. The van der Waals surface area contributed by atoms with Crippen molar-refractivity contribution in [3.05, 3.63) is 71.0 Å². The van der Waals surface area contributed by atoms with Crippen molar-refractivity contribution in [3.63, 3.8) is 0 Å². The zero-order valence-electron chi connectivity index (χ0n) is 21.8. The van der Waals surface area contributed by atoms with Gasteiger partial charge in [-0.3, -0.25) is 14.4 Å². The number of nitrogens with zero attached hydrogens (tertiary/aromatic N) is 5. The number of carbonyl (C=O) groups excluding carboxylic acids is 3. The maximum absolute atomic E-state index is 13.8. The Morgan fingerprint density at radius 2 is 1.87 bits per heavy atom. The third-order valence-corrected chi connectivity index (χ3v) is 8.31. The predicted molar refractivity (Wildman–Crippen MR) is 150 cm³/mol. The summed E-state index contributed by atoms with van der Waals surface area (Å²) in [5.41, 5.74) is 3.00. The van der Waals surface area contributed by atoms with Crippen LogP contribution in [0, 0.1) is 12.3 Å². The summed E-state index contributed by atoms with van der Waals surface area (Å²) in [5, 5.41) is 3.63. The maximum Gasteiger partial charge on any atom is 0.248 e. The quantitative estimate of drug-likeness (QED) is 0.257. The summed E-state index contributed by atoms with van der Waals surface area (Å²) >= 11 is 3.33. The normalized spacial score (nSPS) is 21.6. The van der Waals surface area contributed by atoms with Crippen LogP contribution in [0.4, 0.5) is 5.82 Å². The minimum atomic E-state index is -0.579. The van der Waals surface area contributed by atoms with Crippen LogP contribution in [0.25, 0.3) is 22.0 Å². The maximum atomic E-state index is 13.8. The van der Waals surface area contributed by atoms with Gasteiger partial charge in [-0.2, -0.15) is 0 Å². The van der Waals surface area contributed by atoms with Gasteiger partial charge in [0.1, 0.15) is 28.8 Å². The number of fused-ring (bicyclic) bond motifs is 2. The number of likely N-dealkylation sites (tertiary alicyclic amines) is 1. The molecule has 2 amide bonds. The fraction of sp³-hybridized carbons (Fsp3) is 0.310. The number of carbonyl (C=O) groups is 3. The second-order valence-electron chi connectivity index (χ2n) is 10.7. The minimum Gasteiger partial charge on any atom is -0.337 e. The van der Waals surface area contributed by atoms with E-state index in [1.807, 2.05) is 29.7 Å². The molecule has 4 aromatic rings. The van der Waals surface area contributed by atoms with E-state index in [1.54, 1.807) is 41.7 Å². The molecule has 1 aliphatic carbocycles. The molecule has 1 N–H and O–H groups in total. The van der Waals surface area contributed by atoms with Gasteiger partial charge in [0.15, 0.2) is 5.78 Å². The van der Waals surface area contributed by atoms with E-state index < -0.39 is 6.04 Å². The van der Waals surface area contributed by atoms with Gasteiger partial charge in [-0.15, -0.1) is 0 Å². The molecule has 0 unspecified atom stereocenters. The Bertz CT molecular complexity index is 1650. The monoisotopic (exact) mass is 586 g/mol. The van der Waals surface area contributed by atoms with Crippen LogP contribution >= 0.6 is 15.9 Å². The van der Waals surface area contributed by atoms with Gasteiger partial charge in [-0.25, -0.2) is 15.0 Å². The van der Waals surface area contributed by atoms with Crippen LogP contribution in [0.2, 0.25) is 0 Å². The van der Waals surface area contributed by atoms with Gasteiger partial charge in [0.2, 0.25) is 11.8 Å². The third kappa shape index (κ3) is 4.63. The van der Waals surface area contributed by atoms with Gasteiger partial charge in [-0.1, -0.05) is 19.1 Å². The number of aryl methyl sites for hydroxylation is 1. The summed E-state index contributed by atoms with van der Waals surface area (Å²) in [7, 11) is 0. The van der Waals surface area contributed by atoms with Crippen LogP contribution in [-0.2, 0) is 16.1 Å². The van der Waals surface area contributed by atoms with Crippen molar-refractivity contribution in [2.45, 2.75) is 52.2 Å². The standard InChI is InChI=1S/C29H27BrN6O3/c1-16(37)21-14-35(22-8-7-18(9-20(21)22)19-12-31-17(2)32-13-19)15-27(38)36-23(10-29(3)11-24(29)36)28(39)34-26-6-4-5-25(30)33-26/h4-9,12-14,23-24H,10-11,15H2,1-3H3,(H,33,34,39)/t23-,24+,29-/m0/s1. The van der Waals surface area contributed by atoms with Gasteiger partial charge in [0.25, 0.3) is 0 Å². The molecule has 198 valence electrons. The van der Waals surface area contributed by atoms with Crippen molar-refractivity contribution in [2.24, 2.45) is 5.41 Å². The van der Waals surface area contributed by atoms with E-state index in [0.29, 0.717) is 28.2 Å². The molecule has 3 atom stereocenters. The summed E-state index contributed by atoms with van der Waals surface area (Å²) in [6, 6.07) is 10.5. The first-order chi connectivity index (χ1) is 18.6. The summed E-state index contributed by atoms with van der Waals surface area (Å²) in [5.74, 6) is 0.645. The number of hydrogen-bond donors (Lipinski definition) is 1. The first-order valence-corrected chi connectivity index (χ1v) is 13.6. The van der Waals surface area contributed by atoms with E-state index in [0.717, 1.165) is 28.5 Å². The number of anilines is 1. The number of hydrogen-bond acceptors (Lipinski definition) is 6. The number of benzene rings is 1. The molecule has 1 saturated carbocycles. The van der Waals surface area contributed by atoms with Crippen molar-refractivity contribution in [2.75, 3.05) is 5.32 Å².